The number of pyridine rings is 2. The van der Waals surface area contributed by atoms with Crippen molar-refractivity contribution in [3.05, 3.63) is 303 Å². The van der Waals surface area contributed by atoms with Gasteiger partial charge < -0.3 is 0 Å². The molecule has 0 saturated carbocycles. The quantitative estimate of drug-likeness (QED) is 0.114. The summed E-state index contributed by atoms with van der Waals surface area (Å²) >= 11 is 0. The molecule has 0 amide bonds. The van der Waals surface area contributed by atoms with Crippen molar-refractivity contribution in [1.29, 1.82) is 0 Å². The molecule has 0 bridgehead atoms. The Morgan fingerprint density at radius 2 is 0.704 bits per heavy atom. The Labute approximate surface area is 477 Å². The second-order valence-corrected chi connectivity index (χ2v) is 22.5. The third-order valence-corrected chi connectivity index (χ3v) is 18.3. The number of benzene rings is 10. The first-order chi connectivity index (χ1) is 39.9. The summed E-state index contributed by atoms with van der Waals surface area (Å²) in [5.74, 6) is 0.233. The van der Waals surface area contributed by atoms with Crippen LogP contribution in [-0.2, 0) is 17.5 Å². The molecule has 14 rings (SSSR count). The molecular formula is C79H64N2+2. The number of fused-ring (bicyclic) bond motifs is 6. The Balaban J connectivity index is 0.930. The van der Waals surface area contributed by atoms with E-state index in [4.69, 9.17) is 0 Å². The normalized spacial score (nSPS) is 16.9. The van der Waals surface area contributed by atoms with Gasteiger partial charge in [0.15, 0.2) is 24.5 Å². The Kier molecular flexibility index (Phi) is 12.7. The molecule has 3 unspecified atom stereocenters. The molecule has 0 saturated heterocycles. The molecule has 3 atom stereocenters. The van der Waals surface area contributed by atoms with Gasteiger partial charge in [0.25, 0.3) is 0 Å². The summed E-state index contributed by atoms with van der Waals surface area (Å²) in [5.41, 5.74) is 26.6. The highest BCUT2D eigenvalue weighted by molar-refractivity contribution is 5.89. The monoisotopic (exact) mass is 1040 g/mol. The molecule has 81 heavy (non-hydrogen) atoms. The smallest absolute Gasteiger partial charge is 0.197 e. The zero-order chi connectivity index (χ0) is 54.5. The van der Waals surface area contributed by atoms with Crippen molar-refractivity contribution in [2.24, 2.45) is 0 Å². The molecular weight excluding hydrogens is 977 g/mol. The van der Waals surface area contributed by atoms with E-state index in [-0.39, 0.29) is 16.9 Å². The molecule has 2 aliphatic rings. The van der Waals surface area contributed by atoms with Gasteiger partial charge in [-0.3, -0.25) is 0 Å². The predicted molar refractivity (Wildman–Crippen MR) is 336 cm³/mol. The number of nitrogens with zero attached hydrogens (tertiary/aromatic N) is 2. The van der Waals surface area contributed by atoms with Gasteiger partial charge in [0, 0.05) is 30.7 Å². The van der Waals surface area contributed by atoms with Crippen LogP contribution in [0.2, 0.25) is 0 Å². The second kappa shape index (κ2) is 20.6. The number of hydrogen-bond acceptors (Lipinski definition) is 0. The summed E-state index contributed by atoms with van der Waals surface area (Å²) in [7, 11) is 0. The molecule has 2 aliphatic heterocycles. The Morgan fingerprint density at radius 1 is 0.321 bits per heavy atom. The fourth-order valence-electron chi connectivity index (χ4n) is 14.2. The third-order valence-electron chi connectivity index (χ3n) is 18.3. The van der Waals surface area contributed by atoms with Gasteiger partial charge in [-0.15, -0.1) is 0 Å². The Hall–Kier alpha value is -9.50. The molecule has 10 aromatic carbocycles. The SMILES string of the molecule is CCC1(C)c2ccc(-c3cccc(-c4cc(-c5cc(-c6ccccc6)cc(-c6ccccc6)c5)cc(-c5cc(-c6ccccc6)cc(-c6ccccc6)c5)c4)c3)cc2-c2cccc[n+]2C1(CC)C1C[n+]2ccccc2-c2ccccc21. The summed E-state index contributed by atoms with van der Waals surface area (Å²) in [6.07, 6.45) is 6.65. The van der Waals surface area contributed by atoms with E-state index >= 15 is 0 Å². The van der Waals surface area contributed by atoms with Crippen LogP contribution in [0, 0.1) is 0 Å². The largest absolute Gasteiger partial charge is 0.213 e. The molecule has 0 radical (unpaired) electrons. The molecule has 0 fully saturated rings. The van der Waals surface area contributed by atoms with E-state index in [1.165, 1.54) is 112 Å². The lowest BCUT2D eigenvalue weighted by molar-refractivity contribution is -0.787. The number of hydrogen-bond donors (Lipinski definition) is 0. The van der Waals surface area contributed by atoms with E-state index in [1.54, 1.807) is 0 Å². The predicted octanol–water partition coefficient (Wildman–Crippen LogP) is 19.5. The number of rotatable bonds is 11. The van der Waals surface area contributed by atoms with Crippen molar-refractivity contribution in [3.63, 3.8) is 0 Å². The van der Waals surface area contributed by atoms with Crippen LogP contribution in [0.25, 0.3) is 112 Å². The maximum atomic E-state index is 2.70. The highest BCUT2D eigenvalue weighted by Crippen LogP contribution is 2.57. The van der Waals surface area contributed by atoms with Crippen LogP contribution in [0.4, 0.5) is 0 Å². The van der Waals surface area contributed by atoms with E-state index in [1.807, 2.05) is 0 Å². The van der Waals surface area contributed by atoms with Gasteiger partial charge in [0.2, 0.25) is 11.4 Å². The maximum Gasteiger partial charge on any atom is 0.213 e. The van der Waals surface area contributed by atoms with Crippen molar-refractivity contribution in [2.75, 3.05) is 0 Å². The second-order valence-electron chi connectivity index (χ2n) is 22.5. The van der Waals surface area contributed by atoms with Gasteiger partial charge in [-0.05, 0) is 198 Å². The Morgan fingerprint density at radius 3 is 1.20 bits per heavy atom. The van der Waals surface area contributed by atoms with Crippen molar-refractivity contribution in [1.82, 2.24) is 0 Å². The molecule has 12 aromatic rings. The standard InChI is InChI=1S/C79H64N2/c1-4-78(3)74-40-39-61(53-73(74)77-38-21-23-42-81(77)79(78,5-2)75-54-80-41-22-20-37-76(80)72-36-19-18-35-71(72)75)59-33-24-34-60(43-59)66-50-69(67-46-62(55-25-10-6-11-26-55)44-63(47-67)56-27-12-7-13-28-56)52-70(51-66)68-48-64(57-29-14-8-15-30-57)45-65(49-68)58-31-16-9-17-32-58/h6-53,75H,4-5,54H2,1-3H3/q+2. The summed E-state index contributed by atoms with van der Waals surface area (Å²) < 4.78 is 5.20. The van der Waals surface area contributed by atoms with E-state index in [0.717, 1.165) is 30.5 Å². The van der Waals surface area contributed by atoms with Crippen LogP contribution >= 0.6 is 0 Å². The fraction of sp³-hybridized carbons (Fsp3) is 0.114. The van der Waals surface area contributed by atoms with Crippen molar-refractivity contribution in [2.45, 2.75) is 57.0 Å². The van der Waals surface area contributed by atoms with Gasteiger partial charge in [-0.1, -0.05) is 184 Å². The highest BCUT2D eigenvalue weighted by Gasteiger charge is 2.65. The first-order valence-electron chi connectivity index (χ1n) is 28.9. The van der Waals surface area contributed by atoms with Crippen molar-refractivity contribution in [3.8, 4) is 112 Å². The van der Waals surface area contributed by atoms with E-state index in [9.17, 15) is 0 Å². The summed E-state index contributed by atoms with van der Waals surface area (Å²) in [6, 6.07) is 104. The summed E-state index contributed by atoms with van der Waals surface area (Å²) in [6.45, 7) is 8.33. The minimum absolute atomic E-state index is 0.200. The summed E-state index contributed by atoms with van der Waals surface area (Å²) in [5, 5.41) is 0. The van der Waals surface area contributed by atoms with Crippen LogP contribution in [-0.4, -0.2) is 0 Å². The van der Waals surface area contributed by atoms with E-state index < -0.39 is 0 Å². The van der Waals surface area contributed by atoms with Crippen LogP contribution in [0.3, 0.4) is 0 Å². The molecule has 2 aromatic heterocycles. The average molecular weight is 1040 g/mol. The van der Waals surface area contributed by atoms with E-state index in [0.29, 0.717) is 0 Å². The molecule has 0 N–H and O–H groups in total. The minimum atomic E-state index is -0.253. The molecule has 388 valence electrons. The molecule has 0 spiro atoms. The third kappa shape index (κ3) is 8.66. The lowest BCUT2D eigenvalue weighted by atomic mass is 9.53. The molecule has 2 nitrogen and oxygen atoms in total. The fourth-order valence-corrected chi connectivity index (χ4v) is 14.2. The maximum absolute atomic E-state index is 2.70. The van der Waals surface area contributed by atoms with Crippen molar-refractivity contribution < 1.29 is 9.13 Å². The van der Waals surface area contributed by atoms with Gasteiger partial charge in [-0.25, -0.2) is 0 Å². The highest BCUT2D eigenvalue weighted by atomic mass is 15.1. The number of aromatic nitrogens is 2. The lowest BCUT2D eigenvalue weighted by Gasteiger charge is -2.51. The minimum Gasteiger partial charge on any atom is -0.197 e. The zero-order valence-corrected chi connectivity index (χ0v) is 46.3. The molecule has 0 aliphatic carbocycles. The van der Waals surface area contributed by atoms with Gasteiger partial charge in [0.05, 0.1) is 16.5 Å². The zero-order valence-electron chi connectivity index (χ0n) is 46.3. The van der Waals surface area contributed by atoms with Crippen LogP contribution in [0.1, 0.15) is 50.7 Å². The van der Waals surface area contributed by atoms with E-state index in [2.05, 4.69) is 321 Å². The lowest BCUT2D eigenvalue weighted by Crippen LogP contribution is -2.73. The van der Waals surface area contributed by atoms with Crippen LogP contribution in [0.5, 0.6) is 0 Å². The van der Waals surface area contributed by atoms with Gasteiger partial charge in [-0.2, -0.15) is 9.13 Å². The topological polar surface area (TPSA) is 7.76 Å². The van der Waals surface area contributed by atoms with Gasteiger partial charge >= 0.3 is 0 Å². The average Bonchev–Trinajstić information content (AvgIpc) is 3.72. The van der Waals surface area contributed by atoms with Crippen LogP contribution < -0.4 is 9.13 Å². The Bertz CT molecular complexity index is 4040. The molecule has 2 heteroatoms. The van der Waals surface area contributed by atoms with Crippen molar-refractivity contribution >= 4 is 0 Å². The first-order valence-corrected chi connectivity index (χ1v) is 28.9. The van der Waals surface area contributed by atoms with Crippen LogP contribution in [0.15, 0.2) is 291 Å². The van der Waals surface area contributed by atoms with Gasteiger partial charge in [0.1, 0.15) is 5.92 Å². The molecule has 4 heterocycles. The summed E-state index contributed by atoms with van der Waals surface area (Å²) in [4.78, 5) is 0. The first kappa shape index (κ1) is 49.8.